The van der Waals surface area contributed by atoms with Gasteiger partial charge in [0.1, 0.15) is 0 Å². The van der Waals surface area contributed by atoms with Gasteiger partial charge in [-0.15, -0.1) is 0 Å². The largest absolute Gasteiger partial charge is 0.273 e. The normalized spacial score (nSPS) is 12.8. The molecule has 0 aromatic heterocycles. The highest BCUT2D eigenvalue weighted by Gasteiger charge is 2.18. The number of alkyl halides is 1. The van der Waals surface area contributed by atoms with Crippen molar-refractivity contribution in [2.45, 2.75) is 25.1 Å². The summed E-state index contributed by atoms with van der Waals surface area (Å²) in [5.74, 6) is 0.447. The van der Waals surface area contributed by atoms with Gasteiger partial charge < -0.3 is 0 Å². The molecule has 0 radical (unpaired) electrons. The summed E-state index contributed by atoms with van der Waals surface area (Å²) < 4.78 is 0.735. The number of halogens is 2. The van der Waals surface area contributed by atoms with Gasteiger partial charge in [-0.3, -0.25) is 10.1 Å². The molecule has 0 saturated carbocycles. The number of benzene rings is 1. The average Bonchev–Trinajstić information content (AvgIpc) is 2.20. The van der Waals surface area contributed by atoms with Gasteiger partial charge in [-0.1, -0.05) is 51.8 Å². The fraction of sp³-hybridized carbons (Fsp3) is 0.455. The van der Waals surface area contributed by atoms with Crippen molar-refractivity contribution < 1.29 is 4.92 Å². The maximum atomic E-state index is 10.9. The second kappa shape index (κ2) is 5.77. The van der Waals surface area contributed by atoms with Crippen LogP contribution in [0, 0.1) is 16.0 Å². The fourth-order valence-corrected chi connectivity index (χ4v) is 2.02. The molecule has 5 heteroatoms. The molecule has 88 valence electrons. The Morgan fingerprint density at radius 1 is 1.44 bits per heavy atom. The van der Waals surface area contributed by atoms with E-state index in [4.69, 9.17) is 0 Å². The van der Waals surface area contributed by atoms with Gasteiger partial charge in [0.2, 0.25) is 0 Å². The summed E-state index contributed by atoms with van der Waals surface area (Å²) in [7, 11) is 0. The van der Waals surface area contributed by atoms with Gasteiger partial charge in [0.05, 0.1) is 4.92 Å². The predicted octanol–water partition coefficient (Wildman–Crippen LogP) is 4.32. The molecule has 0 bridgehead atoms. The molecule has 0 aliphatic heterocycles. The van der Waals surface area contributed by atoms with Crippen LogP contribution in [0.3, 0.4) is 0 Å². The van der Waals surface area contributed by atoms with E-state index in [-0.39, 0.29) is 15.4 Å². The van der Waals surface area contributed by atoms with Gasteiger partial charge in [0.25, 0.3) is 5.69 Å². The molecule has 1 unspecified atom stereocenters. The second-order valence-corrected chi connectivity index (χ2v) is 6.09. The number of hydrogen-bond acceptors (Lipinski definition) is 2. The molecule has 0 fully saturated rings. The monoisotopic (exact) mass is 349 g/mol. The molecule has 1 aromatic rings. The molecule has 0 aliphatic carbocycles. The van der Waals surface area contributed by atoms with Crippen LogP contribution in [0.4, 0.5) is 5.69 Å². The van der Waals surface area contributed by atoms with E-state index in [0.717, 1.165) is 10.0 Å². The Balaban J connectivity index is 2.99. The standard InChI is InChI=1S/C11H13Br2NO2/c1-7(2)10(13)5-8-3-4-9(12)6-11(8)14(15)16/h3-4,6-7,10H,5H2,1-2H3. The first-order valence-corrected chi connectivity index (χ1v) is 6.69. The Morgan fingerprint density at radius 2 is 2.06 bits per heavy atom. The van der Waals surface area contributed by atoms with Crippen LogP contribution in [0.2, 0.25) is 0 Å². The number of rotatable bonds is 4. The predicted molar refractivity (Wildman–Crippen MR) is 72.1 cm³/mol. The summed E-state index contributed by atoms with van der Waals surface area (Å²) in [5.41, 5.74) is 0.947. The minimum absolute atomic E-state index is 0.180. The molecule has 0 N–H and O–H groups in total. The van der Waals surface area contributed by atoms with Crippen LogP contribution < -0.4 is 0 Å². The van der Waals surface area contributed by atoms with E-state index in [2.05, 4.69) is 45.7 Å². The molecule has 0 amide bonds. The minimum atomic E-state index is -0.333. The number of nitro benzene ring substituents is 1. The third kappa shape index (κ3) is 3.56. The number of hydrogen-bond donors (Lipinski definition) is 0. The molecule has 0 spiro atoms. The van der Waals surface area contributed by atoms with Crippen LogP contribution in [0.5, 0.6) is 0 Å². The molecule has 3 nitrogen and oxygen atoms in total. The minimum Gasteiger partial charge on any atom is -0.258 e. The number of nitro groups is 1. The second-order valence-electron chi connectivity index (χ2n) is 3.99. The Kier molecular flexibility index (Phi) is 4.92. The van der Waals surface area contributed by atoms with E-state index >= 15 is 0 Å². The Morgan fingerprint density at radius 3 is 2.56 bits per heavy atom. The molecule has 0 aliphatic rings. The van der Waals surface area contributed by atoms with Crippen molar-refractivity contribution in [3.63, 3.8) is 0 Å². The van der Waals surface area contributed by atoms with Gasteiger partial charge in [-0.05, 0) is 18.4 Å². The van der Waals surface area contributed by atoms with E-state index < -0.39 is 0 Å². The molecule has 0 heterocycles. The van der Waals surface area contributed by atoms with E-state index in [1.807, 2.05) is 6.07 Å². The summed E-state index contributed by atoms with van der Waals surface area (Å²) in [6.45, 7) is 4.17. The van der Waals surface area contributed by atoms with Crippen LogP contribution in [-0.2, 0) is 6.42 Å². The maximum Gasteiger partial charge on any atom is 0.273 e. The summed E-state index contributed by atoms with van der Waals surface area (Å²) in [4.78, 5) is 10.8. The Hall–Kier alpha value is -0.420. The van der Waals surface area contributed by atoms with Crippen LogP contribution in [-0.4, -0.2) is 9.75 Å². The van der Waals surface area contributed by atoms with Crippen molar-refractivity contribution in [2.75, 3.05) is 0 Å². The first-order chi connectivity index (χ1) is 7.41. The molecule has 16 heavy (non-hydrogen) atoms. The zero-order chi connectivity index (χ0) is 12.3. The van der Waals surface area contributed by atoms with Crippen molar-refractivity contribution >= 4 is 37.5 Å². The van der Waals surface area contributed by atoms with Gasteiger partial charge in [-0.2, -0.15) is 0 Å². The van der Waals surface area contributed by atoms with Crippen LogP contribution in [0.1, 0.15) is 19.4 Å². The zero-order valence-corrected chi connectivity index (χ0v) is 12.3. The zero-order valence-electron chi connectivity index (χ0n) is 9.11. The molecule has 1 rings (SSSR count). The van der Waals surface area contributed by atoms with Crippen molar-refractivity contribution in [1.29, 1.82) is 0 Å². The first-order valence-electron chi connectivity index (χ1n) is 4.98. The lowest BCUT2D eigenvalue weighted by Gasteiger charge is -2.13. The van der Waals surface area contributed by atoms with Crippen molar-refractivity contribution in [2.24, 2.45) is 5.92 Å². The van der Waals surface area contributed by atoms with Gasteiger partial charge in [0.15, 0.2) is 0 Å². The van der Waals surface area contributed by atoms with Crippen LogP contribution in [0.25, 0.3) is 0 Å². The highest BCUT2D eigenvalue weighted by Crippen LogP contribution is 2.27. The van der Waals surface area contributed by atoms with Crippen LogP contribution >= 0.6 is 31.9 Å². The Bertz CT molecular complexity index is 394. The summed E-state index contributed by atoms with van der Waals surface area (Å²) in [6.07, 6.45) is 0.668. The Labute approximate surface area is 112 Å². The van der Waals surface area contributed by atoms with Crippen molar-refractivity contribution in [1.82, 2.24) is 0 Å². The summed E-state index contributed by atoms with van der Waals surface area (Å²) >= 11 is 6.79. The molecule has 1 aromatic carbocycles. The fourth-order valence-electron chi connectivity index (χ4n) is 1.33. The van der Waals surface area contributed by atoms with Gasteiger partial charge in [-0.25, -0.2) is 0 Å². The van der Waals surface area contributed by atoms with E-state index in [1.54, 1.807) is 12.1 Å². The molecular weight excluding hydrogens is 338 g/mol. The van der Waals surface area contributed by atoms with Crippen molar-refractivity contribution in [3.05, 3.63) is 38.3 Å². The lowest BCUT2D eigenvalue weighted by molar-refractivity contribution is -0.385. The maximum absolute atomic E-state index is 10.9. The first kappa shape index (κ1) is 13.6. The van der Waals surface area contributed by atoms with Gasteiger partial charge in [0, 0.05) is 20.9 Å². The lowest BCUT2D eigenvalue weighted by Crippen LogP contribution is -2.11. The van der Waals surface area contributed by atoms with Gasteiger partial charge >= 0.3 is 0 Å². The number of nitrogens with zero attached hydrogens (tertiary/aromatic N) is 1. The average molecular weight is 351 g/mol. The van der Waals surface area contributed by atoms with E-state index in [9.17, 15) is 10.1 Å². The molecule has 1 atom stereocenters. The third-order valence-electron chi connectivity index (χ3n) is 2.38. The quantitative estimate of drug-likeness (QED) is 0.461. The smallest absolute Gasteiger partial charge is 0.258 e. The lowest BCUT2D eigenvalue weighted by atomic mass is 10.0. The van der Waals surface area contributed by atoms with Crippen molar-refractivity contribution in [3.8, 4) is 0 Å². The third-order valence-corrected chi connectivity index (χ3v) is 4.26. The van der Waals surface area contributed by atoms with E-state index in [1.165, 1.54) is 0 Å². The van der Waals surface area contributed by atoms with Crippen LogP contribution in [0.15, 0.2) is 22.7 Å². The SMILES string of the molecule is CC(C)C(Br)Cc1ccc(Br)cc1[N+](=O)[O-]. The summed E-state index contributed by atoms with van der Waals surface area (Å²) in [5, 5.41) is 10.9. The topological polar surface area (TPSA) is 43.1 Å². The molecular formula is C11H13Br2NO2. The highest BCUT2D eigenvalue weighted by molar-refractivity contribution is 9.10. The highest BCUT2D eigenvalue weighted by atomic mass is 79.9. The van der Waals surface area contributed by atoms with E-state index in [0.29, 0.717) is 12.3 Å². The summed E-state index contributed by atoms with van der Waals surface area (Å²) in [6, 6.07) is 5.19. The molecule has 0 saturated heterocycles.